The molecule has 11 heteroatoms. The summed E-state index contributed by atoms with van der Waals surface area (Å²) in [6, 6.07) is 7.84. The van der Waals surface area contributed by atoms with Crippen molar-refractivity contribution in [2.45, 2.75) is 71.2 Å². The van der Waals surface area contributed by atoms with Gasteiger partial charge in [-0.25, -0.2) is 9.67 Å². The minimum absolute atomic E-state index is 0.0382. The van der Waals surface area contributed by atoms with Crippen molar-refractivity contribution in [1.82, 2.24) is 39.4 Å². The highest BCUT2D eigenvalue weighted by molar-refractivity contribution is 5.84. The molecule has 1 aliphatic carbocycles. The summed E-state index contributed by atoms with van der Waals surface area (Å²) in [5.74, 6) is 3.24. The van der Waals surface area contributed by atoms with Crippen molar-refractivity contribution in [1.29, 1.82) is 0 Å². The number of aliphatic hydroxyl groups is 1. The molecular formula is C27H33N9O2. The maximum Gasteiger partial charge on any atom is 0.226 e. The lowest BCUT2D eigenvalue weighted by atomic mass is 9.85. The first-order valence-electron chi connectivity index (χ1n) is 13.2. The Balaban J connectivity index is 1.10. The van der Waals surface area contributed by atoms with Gasteiger partial charge in [0.25, 0.3) is 0 Å². The summed E-state index contributed by atoms with van der Waals surface area (Å²) in [4.78, 5) is 24.3. The number of amides is 1. The van der Waals surface area contributed by atoms with E-state index in [-0.39, 0.29) is 17.9 Å². The molecule has 198 valence electrons. The van der Waals surface area contributed by atoms with Gasteiger partial charge in [0.1, 0.15) is 5.82 Å². The Labute approximate surface area is 220 Å². The number of aromatic nitrogens is 7. The molecule has 1 aromatic carbocycles. The zero-order valence-corrected chi connectivity index (χ0v) is 22.0. The largest absolute Gasteiger partial charge is 0.386 e. The van der Waals surface area contributed by atoms with E-state index < -0.39 is 5.60 Å². The third kappa shape index (κ3) is 4.51. The monoisotopic (exact) mass is 515 g/mol. The van der Waals surface area contributed by atoms with Crippen LogP contribution in [0.5, 0.6) is 0 Å². The van der Waals surface area contributed by atoms with Crippen LogP contribution in [-0.4, -0.2) is 63.0 Å². The Hall–Kier alpha value is -3.86. The number of hydrogen-bond acceptors (Lipinski definition) is 8. The van der Waals surface area contributed by atoms with Crippen LogP contribution in [0.2, 0.25) is 0 Å². The lowest BCUT2D eigenvalue weighted by molar-refractivity contribution is -0.138. The molecule has 1 fully saturated rings. The quantitative estimate of drug-likeness (QED) is 0.415. The van der Waals surface area contributed by atoms with Crippen LogP contribution in [0.25, 0.3) is 16.7 Å². The highest BCUT2D eigenvalue weighted by Gasteiger charge is 2.32. The van der Waals surface area contributed by atoms with Gasteiger partial charge in [-0.05, 0) is 58.1 Å². The highest BCUT2D eigenvalue weighted by atomic mass is 16.3. The molecule has 11 nitrogen and oxygen atoms in total. The molecule has 0 radical (unpaired) electrons. The van der Waals surface area contributed by atoms with Crippen molar-refractivity contribution in [3.05, 3.63) is 53.9 Å². The van der Waals surface area contributed by atoms with E-state index in [1.807, 2.05) is 36.1 Å². The fourth-order valence-electron chi connectivity index (χ4n) is 5.72. The van der Waals surface area contributed by atoms with Crippen LogP contribution >= 0.6 is 0 Å². The van der Waals surface area contributed by atoms with E-state index in [2.05, 4.69) is 30.2 Å². The van der Waals surface area contributed by atoms with Crippen LogP contribution in [-0.2, 0) is 23.5 Å². The number of carbonyl (C=O) groups excluding carboxylic acids is 1. The summed E-state index contributed by atoms with van der Waals surface area (Å²) < 4.78 is 3.87. The van der Waals surface area contributed by atoms with E-state index in [9.17, 15) is 9.90 Å². The van der Waals surface area contributed by atoms with Gasteiger partial charge in [0, 0.05) is 42.7 Å². The minimum Gasteiger partial charge on any atom is -0.386 e. The number of benzene rings is 1. The second kappa shape index (κ2) is 9.46. The number of nitrogens with zero attached hydrogens (tertiary/aromatic N) is 8. The Morgan fingerprint density at radius 3 is 2.71 bits per heavy atom. The average Bonchev–Trinajstić information content (AvgIpc) is 3.51. The summed E-state index contributed by atoms with van der Waals surface area (Å²) in [6.45, 7) is 7.51. The second-order valence-corrected chi connectivity index (χ2v) is 10.9. The molecular weight excluding hydrogens is 482 g/mol. The maximum atomic E-state index is 13.2. The van der Waals surface area contributed by atoms with E-state index in [4.69, 9.17) is 4.98 Å². The van der Waals surface area contributed by atoms with Gasteiger partial charge in [0.05, 0.1) is 23.9 Å². The van der Waals surface area contributed by atoms with Crippen LogP contribution < -0.4 is 5.32 Å². The first kappa shape index (κ1) is 24.5. The highest BCUT2D eigenvalue weighted by Crippen LogP contribution is 2.30. The molecule has 0 bridgehead atoms. The van der Waals surface area contributed by atoms with Gasteiger partial charge in [-0.2, -0.15) is 10.1 Å². The number of fused-ring (bicyclic) bond motifs is 2. The van der Waals surface area contributed by atoms with Crippen LogP contribution in [0, 0.1) is 12.8 Å². The molecule has 0 saturated heterocycles. The minimum atomic E-state index is -0.974. The van der Waals surface area contributed by atoms with Crippen molar-refractivity contribution in [2.75, 3.05) is 11.9 Å². The molecule has 0 atom stereocenters. The number of hydrogen-bond donors (Lipinski definition) is 2. The second-order valence-electron chi connectivity index (χ2n) is 10.9. The number of carbonyl (C=O) groups is 1. The summed E-state index contributed by atoms with van der Waals surface area (Å²) >= 11 is 0. The molecule has 2 N–H and O–H groups in total. The van der Waals surface area contributed by atoms with Crippen molar-refractivity contribution in [3.63, 3.8) is 0 Å². The Morgan fingerprint density at radius 1 is 1.11 bits per heavy atom. The first-order chi connectivity index (χ1) is 18.3. The molecule has 2 aliphatic rings. The molecule has 0 spiro atoms. The lowest BCUT2D eigenvalue weighted by Gasteiger charge is -2.34. The van der Waals surface area contributed by atoms with E-state index in [0.717, 1.165) is 60.3 Å². The van der Waals surface area contributed by atoms with E-state index >= 15 is 0 Å². The first-order valence-corrected chi connectivity index (χ1v) is 13.2. The van der Waals surface area contributed by atoms with Gasteiger partial charge in [0.15, 0.2) is 11.6 Å². The fraction of sp³-hybridized carbons (Fsp3) is 0.481. The van der Waals surface area contributed by atoms with Gasteiger partial charge in [0.2, 0.25) is 11.9 Å². The number of rotatable bonds is 5. The maximum absolute atomic E-state index is 13.2. The van der Waals surface area contributed by atoms with Crippen LogP contribution in [0.1, 0.15) is 56.7 Å². The Bertz CT molecular complexity index is 1480. The summed E-state index contributed by atoms with van der Waals surface area (Å²) in [5.41, 5.74) is 0.722. The smallest absolute Gasteiger partial charge is 0.226 e. The lowest BCUT2D eigenvalue weighted by Crippen LogP contribution is -2.43. The molecule has 6 rings (SSSR count). The van der Waals surface area contributed by atoms with E-state index in [1.165, 1.54) is 0 Å². The molecule has 1 amide bonds. The molecule has 1 aliphatic heterocycles. The standard InChI is InChI=1S/C27H33N9O2/c1-17-32-33-24-16-34(13-14-35(17)24)25(37)18-7-9-19(10-8-18)30-26-28-12-11-23(31-26)36-22-6-4-5-21(27(2,3)38)20(22)15-29-36/h4-6,11-12,15,18-19,38H,7-10,13-14,16H2,1-3H3,(H,28,30,31). The summed E-state index contributed by atoms with van der Waals surface area (Å²) in [7, 11) is 0. The topological polar surface area (TPSA) is 127 Å². The number of anilines is 1. The van der Waals surface area contributed by atoms with Gasteiger partial charge in [-0.15, -0.1) is 10.2 Å². The van der Waals surface area contributed by atoms with Crippen LogP contribution in [0.15, 0.2) is 36.7 Å². The fourth-order valence-corrected chi connectivity index (χ4v) is 5.72. The van der Waals surface area contributed by atoms with E-state index in [0.29, 0.717) is 24.9 Å². The third-order valence-electron chi connectivity index (χ3n) is 7.79. The van der Waals surface area contributed by atoms with Crippen molar-refractivity contribution >= 4 is 22.8 Å². The Morgan fingerprint density at radius 2 is 1.92 bits per heavy atom. The number of aryl methyl sites for hydroxylation is 1. The molecule has 3 aromatic heterocycles. The summed E-state index contributed by atoms with van der Waals surface area (Å²) in [6.07, 6.45) is 6.93. The number of nitrogens with one attached hydrogen (secondary N) is 1. The molecule has 1 saturated carbocycles. The van der Waals surface area contributed by atoms with Gasteiger partial charge < -0.3 is 19.9 Å². The average molecular weight is 516 g/mol. The predicted molar refractivity (Wildman–Crippen MR) is 141 cm³/mol. The SMILES string of the molecule is Cc1nnc2n1CCN(C(=O)C1CCC(Nc3nccc(-n4ncc5c(C(C)(C)O)cccc54)n3)CC1)C2. The summed E-state index contributed by atoms with van der Waals surface area (Å²) in [5, 5.41) is 27.8. The zero-order chi connectivity index (χ0) is 26.4. The Kier molecular flexibility index (Phi) is 6.10. The van der Waals surface area contributed by atoms with Gasteiger partial charge >= 0.3 is 0 Å². The van der Waals surface area contributed by atoms with E-state index in [1.54, 1.807) is 30.9 Å². The van der Waals surface area contributed by atoms with Crippen molar-refractivity contribution < 1.29 is 9.90 Å². The molecule has 4 heterocycles. The van der Waals surface area contributed by atoms with Crippen molar-refractivity contribution in [2.24, 2.45) is 5.92 Å². The van der Waals surface area contributed by atoms with Crippen LogP contribution in [0.4, 0.5) is 5.95 Å². The van der Waals surface area contributed by atoms with Gasteiger partial charge in [-0.1, -0.05) is 12.1 Å². The molecule has 0 unspecified atom stereocenters. The normalized spacial score (nSPS) is 19.9. The molecule has 4 aromatic rings. The molecule has 38 heavy (non-hydrogen) atoms. The predicted octanol–water partition coefficient (Wildman–Crippen LogP) is 2.96. The van der Waals surface area contributed by atoms with Crippen molar-refractivity contribution in [3.8, 4) is 5.82 Å². The zero-order valence-electron chi connectivity index (χ0n) is 22.0. The van der Waals surface area contributed by atoms with Gasteiger partial charge in [-0.3, -0.25) is 4.79 Å². The third-order valence-corrected chi connectivity index (χ3v) is 7.79. The van der Waals surface area contributed by atoms with Crippen LogP contribution in [0.3, 0.4) is 0 Å².